The topological polar surface area (TPSA) is 0 Å². The number of rotatable bonds is 1. The van der Waals surface area contributed by atoms with Gasteiger partial charge < -0.3 is 0 Å². The van der Waals surface area contributed by atoms with Gasteiger partial charge in [0.05, 0.1) is 0 Å². The Morgan fingerprint density at radius 1 is 1.11 bits per heavy atom. The van der Waals surface area contributed by atoms with Gasteiger partial charge in [0, 0.05) is 5.75 Å². The van der Waals surface area contributed by atoms with E-state index in [0.29, 0.717) is 0 Å². The van der Waals surface area contributed by atoms with Gasteiger partial charge in [-0.1, -0.05) is 30.3 Å². The Balaban J connectivity index is 0.000000640. The van der Waals surface area contributed by atoms with E-state index >= 15 is 0 Å². The summed E-state index contributed by atoms with van der Waals surface area (Å²) in [4.78, 5) is 0. The molecule has 0 amide bonds. The van der Waals surface area contributed by atoms with Crippen LogP contribution in [0.15, 0.2) is 30.3 Å². The minimum absolute atomic E-state index is 0. The molecule has 2 heteroatoms. The fraction of sp³-hybridized carbons (Fsp3) is 0.143. The summed E-state index contributed by atoms with van der Waals surface area (Å²) in [5.41, 5.74) is 1.27. The molecule has 0 atom stereocenters. The standard InChI is InChI=1S/C7H8S.BrH/c8-6-7-4-2-1-3-5-7;/h1-5,8H,6H2;1H. The molecule has 0 unspecified atom stereocenters. The molecule has 0 radical (unpaired) electrons. The lowest BCUT2D eigenvalue weighted by Crippen LogP contribution is -1.71. The lowest BCUT2D eigenvalue weighted by Gasteiger charge is -1.89. The van der Waals surface area contributed by atoms with Crippen LogP contribution in [0.2, 0.25) is 0 Å². The summed E-state index contributed by atoms with van der Waals surface area (Å²) in [6, 6.07) is 10.2. The van der Waals surface area contributed by atoms with Crippen LogP contribution in [0.3, 0.4) is 0 Å². The Morgan fingerprint density at radius 2 is 1.67 bits per heavy atom. The van der Waals surface area contributed by atoms with Crippen molar-refractivity contribution < 1.29 is 0 Å². The summed E-state index contributed by atoms with van der Waals surface area (Å²) in [5, 5.41) is 0. The minimum Gasteiger partial charge on any atom is -0.175 e. The first-order chi connectivity index (χ1) is 3.93. The zero-order chi connectivity index (χ0) is 5.82. The predicted molar refractivity (Wildman–Crippen MR) is 49.5 cm³/mol. The van der Waals surface area contributed by atoms with Crippen LogP contribution in [0.25, 0.3) is 0 Å². The molecule has 0 aliphatic carbocycles. The van der Waals surface area contributed by atoms with E-state index in [1.807, 2.05) is 18.2 Å². The second-order valence-electron chi connectivity index (χ2n) is 1.64. The van der Waals surface area contributed by atoms with Gasteiger partial charge in [-0.05, 0) is 5.56 Å². The van der Waals surface area contributed by atoms with Crippen molar-refractivity contribution in [3.8, 4) is 0 Å². The van der Waals surface area contributed by atoms with Crippen molar-refractivity contribution in [2.24, 2.45) is 0 Å². The van der Waals surface area contributed by atoms with Crippen molar-refractivity contribution in [1.82, 2.24) is 0 Å². The molecule has 0 heterocycles. The highest BCUT2D eigenvalue weighted by molar-refractivity contribution is 8.93. The van der Waals surface area contributed by atoms with Gasteiger partial charge in [-0.3, -0.25) is 0 Å². The average Bonchev–Trinajstić information content (AvgIpc) is 1.90. The average molecular weight is 205 g/mol. The lowest BCUT2D eigenvalue weighted by molar-refractivity contribution is 1.43. The first kappa shape index (κ1) is 9.05. The predicted octanol–water partition coefficient (Wildman–Crippen LogP) is 2.69. The molecule has 1 aromatic rings. The third kappa shape index (κ3) is 2.92. The van der Waals surface area contributed by atoms with E-state index in [0.717, 1.165) is 5.75 Å². The van der Waals surface area contributed by atoms with Crippen LogP contribution < -0.4 is 0 Å². The summed E-state index contributed by atoms with van der Waals surface area (Å²) in [6.45, 7) is 0. The molecular formula is C7H9BrS. The number of thiol groups is 1. The number of halogens is 1. The molecule has 0 saturated heterocycles. The van der Waals surface area contributed by atoms with Crippen LogP contribution in [0, 0.1) is 0 Å². The second-order valence-corrected chi connectivity index (χ2v) is 1.96. The SMILES string of the molecule is Br.SCc1ccccc1. The van der Waals surface area contributed by atoms with Crippen molar-refractivity contribution in [2.75, 3.05) is 0 Å². The van der Waals surface area contributed by atoms with Crippen molar-refractivity contribution in [2.45, 2.75) is 5.75 Å². The molecule has 0 saturated carbocycles. The van der Waals surface area contributed by atoms with Crippen LogP contribution in [0.4, 0.5) is 0 Å². The first-order valence-corrected chi connectivity index (χ1v) is 3.21. The van der Waals surface area contributed by atoms with Gasteiger partial charge in [-0.15, -0.1) is 17.0 Å². The van der Waals surface area contributed by atoms with Crippen molar-refractivity contribution in [3.05, 3.63) is 35.9 Å². The van der Waals surface area contributed by atoms with E-state index in [9.17, 15) is 0 Å². The van der Waals surface area contributed by atoms with Gasteiger partial charge in [0.25, 0.3) is 0 Å². The van der Waals surface area contributed by atoms with E-state index in [1.165, 1.54) is 5.56 Å². The Hall–Kier alpha value is 0.0500. The molecule has 0 aliphatic rings. The maximum absolute atomic E-state index is 4.11. The van der Waals surface area contributed by atoms with Crippen molar-refractivity contribution in [1.29, 1.82) is 0 Å². The van der Waals surface area contributed by atoms with Gasteiger partial charge in [0.2, 0.25) is 0 Å². The van der Waals surface area contributed by atoms with Crippen molar-refractivity contribution >= 4 is 29.6 Å². The molecule has 0 fully saturated rings. The smallest absolute Gasteiger partial charge is 0.0154 e. The molecular weight excluding hydrogens is 196 g/mol. The molecule has 0 N–H and O–H groups in total. The zero-order valence-electron chi connectivity index (χ0n) is 4.95. The fourth-order valence-corrected chi connectivity index (χ4v) is 0.794. The van der Waals surface area contributed by atoms with E-state index in [2.05, 4.69) is 24.8 Å². The molecule has 0 aliphatic heterocycles. The van der Waals surface area contributed by atoms with Gasteiger partial charge in [0.15, 0.2) is 0 Å². The van der Waals surface area contributed by atoms with Gasteiger partial charge >= 0.3 is 0 Å². The van der Waals surface area contributed by atoms with Gasteiger partial charge in [-0.2, -0.15) is 12.6 Å². The monoisotopic (exact) mass is 204 g/mol. The Labute approximate surface area is 71.5 Å². The van der Waals surface area contributed by atoms with E-state index in [-0.39, 0.29) is 17.0 Å². The summed E-state index contributed by atoms with van der Waals surface area (Å²) >= 11 is 4.11. The zero-order valence-corrected chi connectivity index (χ0v) is 7.56. The molecule has 0 spiro atoms. The maximum atomic E-state index is 4.11. The normalized spacial score (nSPS) is 8.11. The summed E-state index contributed by atoms with van der Waals surface area (Å²) in [7, 11) is 0. The summed E-state index contributed by atoms with van der Waals surface area (Å²) in [6.07, 6.45) is 0. The number of hydrogen-bond donors (Lipinski definition) is 1. The largest absolute Gasteiger partial charge is 0.175 e. The van der Waals surface area contributed by atoms with Crippen LogP contribution in [0.5, 0.6) is 0 Å². The third-order valence-electron chi connectivity index (χ3n) is 1.03. The summed E-state index contributed by atoms with van der Waals surface area (Å²) < 4.78 is 0. The van der Waals surface area contributed by atoms with Gasteiger partial charge in [-0.25, -0.2) is 0 Å². The molecule has 50 valence electrons. The number of benzene rings is 1. The van der Waals surface area contributed by atoms with E-state index < -0.39 is 0 Å². The Morgan fingerprint density at radius 3 is 2.00 bits per heavy atom. The highest BCUT2D eigenvalue weighted by atomic mass is 79.9. The number of hydrogen-bond acceptors (Lipinski definition) is 1. The Kier molecular flexibility index (Phi) is 4.91. The highest BCUT2D eigenvalue weighted by Crippen LogP contribution is 2.00. The lowest BCUT2D eigenvalue weighted by atomic mass is 10.2. The minimum atomic E-state index is 0. The van der Waals surface area contributed by atoms with Crippen LogP contribution in [0.1, 0.15) is 5.56 Å². The maximum Gasteiger partial charge on any atom is 0.0154 e. The molecule has 0 bridgehead atoms. The van der Waals surface area contributed by atoms with E-state index in [4.69, 9.17) is 0 Å². The first-order valence-electron chi connectivity index (χ1n) is 2.58. The van der Waals surface area contributed by atoms with Gasteiger partial charge in [0.1, 0.15) is 0 Å². The van der Waals surface area contributed by atoms with Crippen LogP contribution in [-0.4, -0.2) is 0 Å². The molecule has 9 heavy (non-hydrogen) atoms. The molecule has 1 aromatic carbocycles. The van der Waals surface area contributed by atoms with Crippen LogP contribution in [-0.2, 0) is 5.75 Å². The van der Waals surface area contributed by atoms with E-state index in [1.54, 1.807) is 0 Å². The highest BCUT2D eigenvalue weighted by Gasteiger charge is 1.80. The third-order valence-corrected chi connectivity index (χ3v) is 1.39. The van der Waals surface area contributed by atoms with Crippen molar-refractivity contribution in [3.63, 3.8) is 0 Å². The second kappa shape index (κ2) is 4.89. The summed E-state index contributed by atoms with van der Waals surface area (Å²) in [5.74, 6) is 0.834. The molecule has 0 aromatic heterocycles. The fourth-order valence-electron chi connectivity index (χ4n) is 0.583. The molecule has 1 rings (SSSR count). The molecule has 0 nitrogen and oxygen atoms in total. The van der Waals surface area contributed by atoms with Crippen LogP contribution >= 0.6 is 29.6 Å². The Bertz CT molecular complexity index is 150. The quantitative estimate of drug-likeness (QED) is 0.669.